The molecule has 0 radical (unpaired) electrons. The maximum Gasteiger partial charge on any atom is 0.315 e. The number of benzene rings is 1. The zero-order valence-corrected chi connectivity index (χ0v) is 16.7. The second-order valence-electron chi connectivity index (χ2n) is 7.17. The molecule has 0 aliphatic rings. The number of rotatable bonds is 7. The van der Waals surface area contributed by atoms with Crippen molar-refractivity contribution < 1.29 is 9.59 Å². The molecule has 0 aliphatic carbocycles. The first-order valence-corrected chi connectivity index (χ1v) is 9.09. The number of hydrogen-bond donors (Lipinski definition) is 2. The molecule has 7 nitrogen and oxygen atoms in total. The lowest BCUT2D eigenvalue weighted by atomic mass is 10.1. The van der Waals surface area contributed by atoms with Crippen LogP contribution in [0, 0.1) is 19.8 Å². The van der Waals surface area contributed by atoms with Gasteiger partial charge in [0.15, 0.2) is 0 Å². The molecule has 0 aliphatic heterocycles. The minimum absolute atomic E-state index is 0.0381. The van der Waals surface area contributed by atoms with Crippen molar-refractivity contribution in [3.05, 3.63) is 52.8 Å². The zero-order valence-electron chi connectivity index (χ0n) is 16.7. The molecule has 3 amide bonds. The van der Waals surface area contributed by atoms with Gasteiger partial charge >= 0.3 is 6.03 Å². The Morgan fingerprint density at radius 3 is 2.37 bits per heavy atom. The molecule has 7 heteroatoms. The molecule has 0 spiro atoms. The lowest BCUT2D eigenvalue weighted by molar-refractivity contribution is 0.0827. The molecule has 2 rings (SSSR count). The molecule has 0 fully saturated rings. The molecule has 1 atom stereocenters. The van der Waals surface area contributed by atoms with Crippen molar-refractivity contribution in [1.29, 1.82) is 0 Å². The third-order valence-corrected chi connectivity index (χ3v) is 4.26. The van der Waals surface area contributed by atoms with Gasteiger partial charge in [-0.3, -0.25) is 9.48 Å². The number of carbonyl (C=O) groups excluding carboxylic acids is 2. The van der Waals surface area contributed by atoms with Crippen LogP contribution >= 0.6 is 0 Å². The monoisotopic (exact) mass is 371 g/mol. The van der Waals surface area contributed by atoms with Gasteiger partial charge in [0.05, 0.1) is 5.69 Å². The average molecular weight is 371 g/mol. The van der Waals surface area contributed by atoms with E-state index in [0.29, 0.717) is 18.7 Å². The maximum absolute atomic E-state index is 12.0. The lowest BCUT2D eigenvalue weighted by Crippen LogP contribution is -2.38. The summed E-state index contributed by atoms with van der Waals surface area (Å²) < 4.78 is 1.97. The van der Waals surface area contributed by atoms with Crippen molar-refractivity contribution in [1.82, 2.24) is 25.3 Å². The smallest absolute Gasteiger partial charge is 0.315 e. The molecular weight excluding hydrogens is 342 g/mol. The zero-order chi connectivity index (χ0) is 20.0. The summed E-state index contributed by atoms with van der Waals surface area (Å²) in [7, 11) is 3.44. The van der Waals surface area contributed by atoms with Crippen LogP contribution in [0.5, 0.6) is 0 Å². The molecular formula is C20H29N5O2. The standard InChI is InChI=1S/C20H29N5O2/c1-14(13-25-16(3)10-15(2)23-25)11-21-20(27)22-12-17-6-8-18(9-7-17)19(26)24(4)5/h6-10,14H,11-13H2,1-5H3,(H2,21,22,27). The number of amides is 3. The maximum atomic E-state index is 12.0. The van der Waals surface area contributed by atoms with Gasteiger partial charge in [-0.1, -0.05) is 19.1 Å². The van der Waals surface area contributed by atoms with E-state index in [1.807, 2.05) is 36.7 Å². The van der Waals surface area contributed by atoms with Gasteiger partial charge in [-0.25, -0.2) is 4.79 Å². The summed E-state index contributed by atoms with van der Waals surface area (Å²) >= 11 is 0. The summed E-state index contributed by atoms with van der Waals surface area (Å²) in [5.41, 5.74) is 3.70. The van der Waals surface area contributed by atoms with Gasteiger partial charge < -0.3 is 15.5 Å². The van der Waals surface area contributed by atoms with E-state index in [4.69, 9.17) is 0 Å². The third kappa shape index (κ3) is 6.13. The van der Waals surface area contributed by atoms with E-state index in [2.05, 4.69) is 22.7 Å². The summed E-state index contributed by atoms with van der Waals surface area (Å²) in [6, 6.07) is 9.08. The largest absolute Gasteiger partial charge is 0.345 e. The Hall–Kier alpha value is -2.83. The molecule has 0 saturated heterocycles. The van der Waals surface area contributed by atoms with Gasteiger partial charge in [-0.15, -0.1) is 0 Å². The van der Waals surface area contributed by atoms with Gasteiger partial charge in [0.2, 0.25) is 0 Å². The van der Waals surface area contributed by atoms with E-state index < -0.39 is 0 Å². The van der Waals surface area contributed by atoms with Crippen LogP contribution in [0.1, 0.15) is 34.2 Å². The van der Waals surface area contributed by atoms with Crippen molar-refractivity contribution in [3.8, 4) is 0 Å². The number of nitrogens with one attached hydrogen (secondary N) is 2. The van der Waals surface area contributed by atoms with E-state index in [9.17, 15) is 9.59 Å². The summed E-state index contributed by atoms with van der Waals surface area (Å²) in [6.45, 7) is 7.83. The highest BCUT2D eigenvalue weighted by Crippen LogP contribution is 2.07. The van der Waals surface area contributed by atoms with Gasteiger partial charge in [0.1, 0.15) is 0 Å². The first-order chi connectivity index (χ1) is 12.8. The van der Waals surface area contributed by atoms with E-state index in [-0.39, 0.29) is 17.9 Å². The summed E-state index contributed by atoms with van der Waals surface area (Å²) in [5, 5.41) is 10.2. The minimum atomic E-state index is -0.205. The lowest BCUT2D eigenvalue weighted by Gasteiger charge is -2.15. The quantitative estimate of drug-likeness (QED) is 0.784. The molecule has 1 heterocycles. The number of urea groups is 1. The Bertz CT molecular complexity index is 780. The summed E-state index contributed by atoms with van der Waals surface area (Å²) in [6.07, 6.45) is 0. The highest BCUT2D eigenvalue weighted by molar-refractivity contribution is 5.93. The minimum Gasteiger partial charge on any atom is -0.345 e. The molecule has 1 unspecified atom stereocenters. The predicted octanol–water partition coefficient (Wildman–Crippen LogP) is 2.34. The fourth-order valence-corrected chi connectivity index (χ4v) is 2.75. The third-order valence-electron chi connectivity index (χ3n) is 4.26. The topological polar surface area (TPSA) is 79.3 Å². The van der Waals surface area contributed by atoms with Gasteiger partial charge in [0, 0.05) is 45.0 Å². The Kier molecular flexibility index (Phi) is 6.98. The van der Waals surface area contributed by atoms with Crippen molar-refractivity contribution in [2.75, 3.05) is 20.6 Å². The Balaban J connectivity index is 1.74. The van der Waals surface area contributed by atoms with Gasteiger partial charge in [-0.2, -0.15) is 5.10 Å². The van der Waals surface area contributed by atoms with Crippen LogP contribution in [-0.4, -0.2) is 47.3 Å². The predicted molar refractivity (Wildman–Crippen MR) is 106 cm³/mol. The second-order valence-corrected chi connectivity index (χ2v) is 7.17. The van der Waals surface area contributed by atoms with Crippen molar-refractivity contribution in [2.45, 2.75) is 33.9 Å². The fourth-order valence-electron chi connectivity index (χ4n) is 2.75. The molecule has 0 saturated carbocycles. The van der Waals surface area contributed by atoms with Gasteiger partial charge in [0.25, 0.3) is 5.91 Å². The van der Waals surface area contributed by atoms with Crippen LogP contribution in [0.25, 0.3) is 0 Å². The second kappa shape index (κ2) is 9.21. The molecule has 146 valence electrons. The molecule has 27 heavy (non-hydrogen) atoms. The number of hydrogen-bond acceptors (Lipinski definition) is 3. The van der Waals surface area contributed by atoms with E-state index in [1.165, 1.54) is 4.90 Å². The van der Waals surface area contributed by atoms with E-state index in [0.717, 1.165) is 23.5 Å². The van der Waals surface area contributed by atoms with Crippen molar-refractivity contribution in [3.63, 3.8) is 0 Å². The Labute approximate surface area is 160 Å². The highest BCUT2D eigenvalue weighted by atomic mass is 16.2. The van der Waals surface area contributed by atoms with Crippen LogP contribution in [-0.2, 0) is 13.1 Å². The summed E-state index contributed by atoms with van der Waals surface area (Å²) in [5.74, 6) is 0.230. The first kappa shape index (κ1) is 20.5. The summed E-state index contributed by atoms with van der Waals surface area (Å²) in [4.78, 5) is 25.4. The normalized spacial score (nSPS) is 11.7. The SMILES string of the molecule is Cc1cc(C)n(CC(C)CNC(=O)NCc2ccc(C(=O)N(C)C)cc2)n1. The molecule has 0 bridgehead atoms. The van der Waals surface area contributed by atoms with Crippen LogP contribution in [0.4, 0.5) is 4.79 Å². The van der Waals surface area contributed by atoms with E-state index in [1.54, 1.807) is 26.2 Å². The number of carbonyl (C=O) groups is 2. The van der Waals surface area contributed by atoms with Crippen LogP contribution < -0.4 is 10.6 Å². The van der Waals surface area contributed by atoms with Crippen LogP contribution in [0.3, 0.4) is 0 Å². The molecule has 1 aromatic heterocycles. The molecule has 1 aromatic carbocycles. The van der Waals surface area contributed by atoms with Crippen molar-refractivity contribution >= 4 is 11.9 Å². The average Bonchev–Trinajstić information content (AvgIpc) is 2.94. The number of aryl methyl sites for hydroxylation is 2. The van der Waals surface area contributed by atoms with Gasteiger partial charge in [-0.05, 0) is 43.5 Å². The van der Waals surface area contributed by atoms with Crippen LogP contribution in [0.15, 0.2) is 30.3 Å². The Morgan fingerprint density at radius 1 is 1.15 bits per heavy atom. The van der Waals surface area contributed by atoms with E-state index >= 15 is 0 Å². The van der Waals surface area contributed by atoms with Crippen molar-refractivity contribution in [2.24, 2.45) is 5.92 Å². The van der Waals surface area contributed by atoms with Crippen LogP contribution in [0.2, 0.25) is 0 Å². The number of nitrogens with zero attached hydrogens (tertiary/aromatic N) is 3. The molecule has 2 N–H and O–H groups in total. The first-order valence-electron chi connectivity index (χ1n) is 9.09. The Morgan fingerprint density at radius 2 is 1.81 bits per heavy atom. The number of aromatic nitrogens is 2. The fraction of sp³-hybridized carbons (Fsp3) is 0.450. The molecule has 2 aromatic rings. The highest BCUT2D eigenvalue weighted by Gasteiger charge is 2.10.